The number of hydrogen-bond acceptors (Lipinski definition) is 3. The lowest BCUT2D eigenvalue weighted by molar-refractivity contribution is -0.128. The highest BCUT2D eigenvalue weighted by molar-refractivity contribution is 5.92. The quantitative estimate of drug-likeness (QED) is 0.793. The van der Waals surface area contributed by atoms with Gasteiger partial charge in [-0.3, -0.25) is 4.79 Å². The van der Waals surface area contributed by atoms with Gasteiger partial charge in [-0.05, 0) is 43.9 Å². The fourth-order valence-corrected chi connectivity index (χ4v) is 4.12. The van der Waals surface area contributed by atoms with Crippen LogP contribution >= 0.6 is 0 Å². The van der Waals surface area contributed by atoms with Crippen LogP contribution in [-0.2, 0) is 15.7 Å². The number of aliphatic hydroxyl groups is 1. The Morgan fingerprint density at radius 2 is 1.73 bits per heavy atom. The van der Waals surface area contributed by atoms with E-state index in [0.29, 0.717) is 13.0 Å². The monoisotopic (exact) mass is 350 g/mol. The smallest absolute Gasteiger partial charge is 0.231 e. The second kappa shape index (κ2) is 6.53. The molecule has 1 amide bonds. The van der Waals surface area contributed by atoms with E-state index in [1.807, 2.05) is 30.3 Å². The molecule has 1 aliphatic carbocycles. The van der Waals surface area contributed by atoms with Crippen molar-refractivity contribution < 1.29 is 9.90 Å². The number of benzene rings is 2. The lowest BCUT2D eigenvalue weighted by atomic mass is 9.78. The highest BCUT2D eigenvalue weighted by Gasteiger charge is 2.54. The number of amides is 1. The van der Waals surface area contributed by atoms with Crippen LogP contribution in [0.15, 0.2) is 54.6 Å². The fraction of sp³-hybridized carbons (Fsp3) is 0.409. The van der Waals surface area contributed by atoms with E-state index in [4.69, 9.17) is 0 Å². The molecule has 1 saturated heterocycles. The molecular formula is C22H26N2O2. The number of carbonyl (C=O) groups excluding carboxylic acids is 1. The molecule has 2 aliphatic rings. The van der Waals surface area contributed by atoms with Crippen molar-refractivity contribution in [1.29, 1.82) is 0 Å². The SMILES string of the molecule is Cc1ccc(C2(C(=O)N[C@]3(c4ccccc4)CCNC[C@H]3O)CC2)cc1. The minimum Gasteiger partial charge on any atom is -0.389 e. The van der Waals surface area contributed by atoms with Gasteiger partial charge in [-0.15, -0.1) is 0 Å². The van der Waals surface area contributed by atoms with Crippen LogP contribution in [0.1, 0.15) is 36.0 Å². The molecule has 136 valence electrons. The molecule has 0 spiro atoms. The third-order valence-corrected chi connectivity index (χ3v) is 6.02. The van der Waals surface area contributed by atoms with Gasteiger partial charge in [0.05, 0.1) is 17.1 Å². The van der Waals surface area contributed by atoms with Crippen molar-refractivity contribution in [1.82, 2.24) is 10.6 Å². The number of nitrogens with one attached hydrogen (secondary N) is 2. The Bertz CT molecular complexity index is 784. The van der Waals surface area contributed by atoms with Crippen LogP contribution in [0, 0.1) is 6.92 Å². The molecule has 4 heteroatoms. The van der Waals surface area contributed by atoms with E-state index >= 15 is 0 Å². The molecule has 2 aromatic carbocycles. The van der Waals surface area contributed by atoms with Crippen molar-refractivity contribution in [3.63, 3.8) is 0 Å². The summed E-state index contributed by atoms with van der Waals surface area (Å²) in [5, 5.41) is 17.3. The minimum absolute atomic E-state index is 0.0335. The lowest BCUT2D eigenvalue weighted by Gasteiger charge is -2.43. The molecule has 2 fully saturated rings. The normalized spacial score (nSPS) is 26.9. The Labute approximate surface area is 154 Å². The molecule has 4 nitrogen and oxygen atoms in total. The molecule has 0 unspecified atom stereocenters. The summed E-state index contributed by atoms with van der Waals surface area (Å²) in [6, 6.07) is 18.1. The topological polar surface area (TPSA) is 61.4 Å². The van der Waals surface area contributed by atoms with Gasteiger partial charge >= 0.3 is 0 Å². The van der Waals surface area contributed by atoms with Crippen LogP contribution in [0.5, 0.6) is 0 Å². The van der Waals surface area contributed by atoms with Gasteiger partial charge in [-0.2, -0.15) is 0 Å². The third-order valence-electron chi connectivity index (χ3n) is 6.02. The van der Waals surface area contributed by atoms with Crippen LogP contribution in [0.25, 0.3) is 0 Å². The summed E-state index contributed by atoms with van der Waals surface area (Å²) < 4.78 is 0. The van der Waals surface area contributed by atoms with E-state index in [2.05, 4.69) is 41.8 Å². The summed E-state index contributed by atoms with van der Waals surface area (Å²) in [5.41, 5.74) is 2.07. The maximum absolute atomic E-state index is 13.4. The number of carbonyl (C=O) groups is 1. The summed E-state index contributed by atoms with van der Waals surface area (Å²) in [4.78, 5) is 13.4. The first-order chi connectivity index (χ1) is 12.6. The lowest BCUT2D eigenvalue weighted by Crippen LogP contribution is -2.62. The Hall–Kier alpha value is -2.17. The first kappa shape index (κ1) is 17.3. The van der Waals surface area contributed by atoms with Gasteiger partial charge in [-0.25, -0.2) is 0 Å². The molecule has 1 heterocycles. The highest BCUT2D eigenvalue weighted by atomic mass is 16.3. The molecule has 1 saturated carbocycles. The van der Waals surface area contributed by atoms with Crippen molar-refractivity contribution in [2.24, 2.45) is 0 Å². The van der Waals surface area contributed by atoms with Crippen LogP contribution in [0.2, 0.25) is 0 Å². The molecular weight excluding hydrogens is 324 g/mol. The van der Waals surface area contributed by atoms with Gasteiger partial charge in [-0.1, -0.05) is 60.2 Å². The van der Waals surface area contributed by atoms with Crippen LogP contribution in [0.4, 0.5) is 0 Å². The average molecular weight is 350 g/mol. The van der Waals surface area contributed by atoms with Crippen LogP contribution in [-0.4, -0.2) is 30.2 Å². The van der Waals surface area contributed by atoms with E-state index < -0.39 is 17.1 Å². The first-order valence-corrected chi connectivity index (χ1v) is 9.41. The van der Waals surface area contributed by atoms with Gasteiger partial charge in [0.1, 0.15) is 0 Å². The van der Waals surface area contributed by atoms with Gasteiger partial charge in [0.25, 0.3) is 0 Å². The second-order valence-corrected chi connectivity index (χ2v) is 7.71. The average Bonchev–Trinajstić information content (AvgIpc) is 3.47. The maximum atomic E-state index is 13.4. The van der Waals surface area contributed by atoms with Crippen molar-refractivity contribution in [3.8, 4) is 0 Å². The number of hydrogen-bond donors (Lipinski definition) is 3. The zero-order chi connectivity index (χ0) is 18.2. The number of piperidine rings is 1. The van der Waals surface area contributed by atoms with Crippen molar-refractivity contribution in [2.45, 2.75) is 43.2 Å². The van der Waals surface area contributed by atoms with Crippen LogP contribution < -0.4 is 10.6 Å². The molecule has 2 atom stereocenters. The van der Waals surface area contributed by atoms with Gasteiger partial charge in [0, 0.05) is 6.54 Å². The molecule has 4 rings (SSSR count). The molecule has 0 bridgehead atoms. The fourth-order valence-electron chi connectivity index (χ4n) is 4.12. The van der Waals surface area contributed by atoms with E-state index in [1.165, 1.54) is 5.56 Å². The van der Waals surface area contributed by atoms with Crippen molar-refractivity contribution in [2.75, 3.05) is 13.1 Å². The van der Waals surface area contributed by atoms with Gasteiger partial charge < -0.3 is 15.7 Å². The van der Waals surface area contributed by atoms with Gasteiger partial charge in [0.15, 0.2) is 0 Å². The summed E-state index contributed by atoms with van der Waals surface area (Å²) in [7, 11) is 0. The maximum Gasteiger partial charge on any atom is 0.231 e. The molecule has 26 heavy (non-hydrogen) atoms. The number of aryl methyl sites for hydroxylation is 1. The summed E-state index contributed by atoms with van der Waals surface area (Å²) >= 11 is 0. The zero-order valence-electron chi connectivity index (χ0n) is 15.2. The Morgan fingerprint density at radius 3 is 2.35 bits per heavy atom. The molecule has 0 radical (unpaired) electrons. The Kier molecular flexibility index (Phi) is 4.33. The number of β-amino-alcohol motifs (C(OH)–C–C–N with tert-alkyl or cyclic N) is 1. The standard InChI is InChI=1S/C22H26N2O2/c1-16-7-9-17(10-8-16)21(11-12-21)20(26)24-22(13-14-23-15-19(22)25)18-5-3-2-4-6-18/h2-10,19,23,25H,11-15H2,1H3,(H,24,26)/t19-,22+/m1/s1. The van der Waals surface area contributed by atoms with Crippen molar-refractivity contribution >= 4 is 5.91 Å². The number of aliphatic hydroxyl groups excluding tert-OH is 1. The second-order valence-electron chi connectivity index (χ2n) is 7.71. The number of rotatable bonds is 4. The minimum atomic E-state index is -0.732. The predicted octanol–water partition coefficient (Wildman–Crippen LogP) is 2.39. The Balaban J connectivity index is 1.66. The Morgan fingerprint density at radius 1 is 1.04 bits per heavy atom. The summed E-state index contributed by atoms with van der Waals surface area (Å²) in [5.74, 6) is 0.0335. The van der Waals surface area contributed by atoms with E-state index in [1.54, 1.807) is 0 Å². The van der Waals surface area contributed by atoms with Crippen LogP contribution in [0.3, 0.4) is 0 Å². The largest absolute Gasteiger partial charge is 0.389 e. The van der Waals surface area contributed by atoms with Crippen molar-refractivity contribution in [3.05, 3.63) is 71.3 Å². The molecule has 2 aromatic rings. The molecule has 1 aliphatic heterocycles. The summed E-state index contributed by atoms with van der Waals surface area (Å²) in [6.45, 7) is 3.30. The van der Waals surface area contributed by atoms with E-state index in [0.717, 1.165) is 30.5 Å². The molecule has 0 aromatic heterocycles. The first-order valence-electron chi connectivity index (χ1n) is 9.41. The third kappa shape index (κ3) is 2.83. The zero-order valence-corrected chi connectivity index (χ0v) is 15.2. The summed E-state index contributed by atoms with van der Waals surface area (Å²) in [6.07, 6.45) is 1.74. The predicted molar refractivity (Wildman–Crippen MR) is 102 cm³/mol. The van der Waals surface area contributed by atoms with E-state index in [9.17, 15) is 9.90 Å². The van der Waals surface area contributed by atoms with E-state index in [-0.39, 0.29) is 5.91 Å². The molecule has 3 N–H and O–H groups in total. The van der Waals surface area contributed by atoms with Gasteiger partial charge in [0.2, 0.25) is 5.91 Å². The highest BCUT2D eigenvalue weighted by Crippen LogP contribution is 2.49.